The molecular formula is C46H30N2. The highest BCUT2D eigenvalue weighted by molar-refractivity contribution is 6.25. The average Bonchev–Trinajstić information content (AvgIpc) is 3.18. The Hall–Kier alpha value is -6.38. The molecule has 0 spiro atoms. The van der Waals surface area contributed by atoms with Gasteiger partial charge in [0.15, 0.2) is 5.82 Å². The molecule has 0 atom stereocenters. The van der Waals surface area contributed by atoms with E-state index in [2.05, 4.69) is 146 Å². The molecule has 0 aliphatic heterocycles. The van der Waals surface area contributed by atoms with Gasteiger partial charge < -0.3 is 0 Å². The van der Waals surface area contributed by atoms with Gasteiger partial charge in [-0.1, -0.05) is 158 Å². The Morgan fingerprint density at radius 1 is 0.229 bits per heavy atom. The number of rotatable bonds is 5. The maximum atomic E-state index is 5.06. The smallest absolute Gasteiger partial charge is 0.160 e. The number of benzene rings is 8. The Balaban J connectivity index is 1.14. The second-order valence-electron chi connectivity index (χ2n) is 12.2. The van der Waals surface area contributed by atoms with Gasteiger partial charge in [-0.25, -0.2) is 9.97 Å². The van der Waals surface area contributed by atoms with Gasteiger partial charge in [0.25, 0.3) is 0 Å². The SMILES string of the molecule is c1ccc(-c2cc(-c3ccccc3)nc(-c3cccc(-c4cccc(-c5ccc6c7ccccc7c7ccccc7c6c5)c4)c3)n2)cc1. The van der Waals surface area contributed by atoms with Crippen molar-refractivity contribution < 1.29 is 0 Å². The minimum atomic E-state index is 0.710. The number of fused-ring (bicyclic) bond motifs is 6. The molecule has 0 unspecified atom stereocenters. The summed E-state index contributed by atoms with van der Waals surface area (Å²) in [6.45, 7) is 0. The first kappa shape index (κ1) is 27.9. The second kappa shape index (κ2) is 11.8. The summed E-state index contributed by atoms with van der Waals surface area (Å²) in [6, 6.07) is 64.5. The summed E-state index contributed by atoms with van der Waals surface area (Å²) in [4.78, 5) is 10.1. The molecule has 0 N–H and O–H groups in total. The Kier molecular flexibility index (Phi) is 6.84. The molecule has 0 saturated heterocycles. The molecule has 48 heavy (non-hydrogen) atoms. The summed E-state index contributed by atoms with van der Waals surface area (Å²) in [5.41, 5.74) is 9.60. The standard InChI is InChI=1S/C46H30N2/c1-3-13-31(14-4-1)44-30-45(32-15-5-2-6-16-32)48-46(47-44)37-20-12-19-35(28-37)33-17-11-18-34(27-33)36-25-26-42-40-23-8-7-21-38(40)39-22-9-10-24-41(39)43(42)29-36/h1-30H. The molecule has 9 rings (SSSR count). The van der Waals surface area contributed by atoms with Crippen molar-refractivity contribution in [3.05, 3.63) is 182 Å². The summed E-state index contributed by atoms with van der Waals surface area (Å²) in [5.74, 6) is 0.710. The van der Waals surface area contributed by atoms with Crippen molar-refractivity contribution in [2.24, 2.45) is 0 Å². The van der Waals surface area contributed by atoms with E-state index >= 15 is 0 Å². The summed E-state index contributed by atoms with van der Waals surface area (Å²) in [5, 5.41) is 7.71. The Labute approximate surface area is 279 Å². The van der Waals surface area contributed by atoms with E-state index in [1.54, 1.807) is 0 Å². The van der Waals surface area contributed by atoms with Gasteiger partial charge in [0, 0.05) is 16.7 Å². The van der Waals surface area contributed by atoms with E-state index in [0.29, 0.717) is 5.82 Å². The predicted octanol–water partition coefficient (Wildman–Crippen LogP) is 12.3. The van der Waals surface area contributed by atoms with Crippen LogP contribution in [-0.4, -0.2) is 9.97 Å². The van der Waals surface area contributed by atoms with Crippen molar-refractivity contribution in [2.45, 2.75) is 0 Å². The number of hydrogen-bond donors (Lipinski definition) is 0. The first-order chi connectivity index (χ1) is 23.8. The highest BCUT2D eigenvalue weighted by Crippen LogP contribution is 2.38. The predicted molar refractivity (Wildman–Crippen MR) is 202 cm³/mol. The third kappa shape index (κ3) is 5.01. The molecule has 8 aromatic carbocycles. The normalized spacial score (nSPS) is 11.3. The first-order valence-corrected chi connectivity index (χ1v) is 16.3. The van der Waals surface area contributed by atoms with E-state index in [9.17, 15) is 0 Å². The lowest BCUT2D eigenvalue weighted by Gasteiger charge is -2.13. The van der Waals surface area contributed by atoms with E-state index in [1.807, 2.05) is 36.4 Å². The molecular weight excluding hydrogens is 581 g/mol. The van der Waals surface area contributed by atoms with Gasteiger partial charge in [0.1, 0.15) is 0 Å². The summed E-state index contributed by atoms with van der Waals surface area (Å²) < 4.78 is 0. The van der Waals surface area contributed by atoms with Gasteiger partial charge in [-0.3, -0.25) is 0 Å². The molecule has 0 bridgehead atoms. The number of nitrogens with zero attached hydrogens (tertiary/aromatic N) is 2. The van der Waals surface area contributed by atoms with Crippen LogP contribution < -0.4 is 0 Å². The van der Waals surface area contributed by atoms with Crippen LogP contribution in [0.5, 0.6) is 0 Å². The minimum Gasteiger partial charge on any atom is -0.228 e. The van der Waals surface area contributed by atoms with E-state index in [4.69, 9.17) is 9.97 Å². The van der Waals surface area contributed by atoms with Crippen LogP contribution in [0.2, 0.25) is 0 Å². The van der Waals surface area contributed by atoms with Crippen molar-refractivity contribution >= 4 is 32.3 Å². The van der Waals surface area contributed by atoms with E-state index in [1.165, 1.54) is 43.4 Å². The summed E-state index contributed by atoms with van der Waals surface area (Å²) >= 11 is 0. The molecule has 0 aliphatic rings. The molecule has 0 aliphatic carbocycles. The Bertz CT molecular complexity index is 2510. The van der Waals surface area contributed by atoms with Gasteiger partial charge in [-0.05, 0) is 78.8 Å². The van der Waals surface area contributed by atoms with Gasteiger partial charge >= 0.3 is 0 Å². The van der Waals surface area contributed by atoms with E-state index in [0.717, 1.165) is 39.2 Å². The maximum Gasteiger partial charge on any atom is 0.160 e. The molecule has 2 nitrogen and oxygen atoms in total. The van der Waals surface area contributed by atoms with Crippen molar-refractivity contribution in [1.29, 1.82) is 0 Å². The zero-order chi connectivity index (χ0) is 31.9. The van der Waals surface area contributed by atoms with Gasteiger partial charge in [0.2, 0.25) is 0 Å². The van der Waals surface area contributed by atoms with Gasteiger partial charge in [-0.2, -0.15) is 0 Å². The fourth-order valence-corrected chi connectivity index (χ4v) is 6.89. The summed E-state index contributed by atoms with van der Waals surface area (Å²) in [7, 11) is 0. The van der Waals surface area contributed by atoms with Crippen LogP contribution in [0.15, 0.2) is 182 Å². The molecule has 0 fully saturated rings. The largest absolute Gasteiger partial charge is 0.228 e. The fraction of sp³-hybridized carbons (Fsp3) is 0. The van der Waals surface area contributed by atoms with Crippen LogP contribution in [0.4, 0.5) is 0 Å². The zero-order valence-electron chi connectivity index (χ0n) is 26.2. The third-order valence-electron chi connectivity index (χ3n) is 9.26. The third-order valence-corrected chi connectivity index (χ3v) is 9.26. The Morgan fingerprint density at radius 2 is 0.604 bits per heavy atom. The molecule has 1 aromatic heterocycles. The lowest BCUT2D eigenvalue weighted by Crippen LogP contribution is -1.96. The molecule has 0 amide bonds. The average molecular weight is 611 g/mol. The molecule has 224 valence electrons. The molecule has 1 heterocycles. The maximum absolute atomic E-state index is 5.06. The zero-order valence-corrected chi connectivity index (χ0v) is 26.2. The van der Waals surface area contributed by atoms with Crippen LogP contribution in [0.3, 0.4) is 0 Å². The Morgan fingerprint density at radius 3 is 1.12 bits per heavy atom. The number of aromatic nitrogens is 2. The molecule has 0 saturated carbocycles. The van der Waals surface area contributed by atoms with E-state index in [-0.39, 0.29) is 0 Å². The lowest BCUT2D eigenvalue weighted by atomic mass is 9.91. The van der Waals surface area contributed by atoms with Crippen molar-refractivity contribution in [1.82, 2.24) is 9.97 Å². The topological polar surface area (TPSA) is 25.8 Å². The second-order valence-corrected chi connectivity index (χ2v) is 12.2. The van der Waals surface area contributed by atoms with E-state index < -0.39 is 0 Å². The highest BCUT2D eigenvalue weighted by Gasteiger charge is 2.13. The molecule has 0 radical (unpaired) electrons. The number of hydrogen-bond acceptors (Lipinski definition) is 2. The van der Waals surface area contributed by atoms with Crippen LogP contribution in [0.25, 0.3) is 88.5 Å². The summed E-state index contributed by atoms with van der Waals surface area (Å²) in [6.07, 6.45) is 0. The molecule has 9 aromatic rings. The van der Waals surface area contributed by atoms with Crippen molar-refractivity contribution in [2.75, 3.05) is 0 Å². The lowest BCUT2D eigenvalue weighted by molar-refractivity contribution is 1.18. The minimum absolute atomic E-state index is 0.710. The van der Waals surface area contributed by atoms with Crippen molar-refractivity contribution in [3.8, 4) is 56.2 Å². The van der Waals surface area contributed by atoms with Crippen LogP contribution >= 0.6 is 0 Å². The van der Waals surface area contributed by atoms with Crippen LogP contribution in [0.1, 0.15) is 0 Å². The van der Waals surface area contributed by atoms with Gasteiger partial charge in [-0.15, -0.1) is 0 Å². The quantitative estimate of drug-likeness (QED) is 0.181. The van der Waals surface area contributed by atoms with Crippen LogP contribution in [-0.2, 0) is 0 Å². The van der Waals surface area contributed by atoms with Gasteiger partial charge in [0.05, 0.1) is 11.4 Å². The monoisotopic (exact) mass is 610 g/mol. The fourth-order valence-electron chi connectivity index (χ4n) is 6.89. The highest BCUT2D eigenvalue weighted by atomic mass is 14.9. The first-order valence-electron chi connectivity index (χ1n) is 16.3. The molecule has 2 heteroatoms. The van der Waals surface area contributed by atoms with Crippen molar-refractivity contribution in [3.63, 3.8) is 0 Å². The van der Waals surface area contributed by atoms with Crippen LogP contribution in [0, 0.1) is 0 Å².